The maximum Gasteiger partial charge on any atom is 0.459 e. The third-order valence-corrected chi connectivity index (χ3v) is 7.63. The highest BCUT2D eigenvalue weighted by atomic mass is 31.2. The molecule has 37 heavy (non-hydrogen) atoms. The van der Waals surface area contributed by atoms with Gasteiger partial charge in [0, 0.05) is 5.92 Å². The lowest BCUT2D eigenvalue weighted by molar-refractivity contribution is -0.142. The SMILES string of the molecule is C=C1[C@H](CO[P@@](=O)(NC(C)C(=O)OC)Oc2ccc(F)cc2)[C@@H](O)C[C@@H]1n1cnc2c(=O)[nH]c(N)nc21. The molecule has 5 N–H and O–H groups in total. The first kappa shape index (κ1) is 26.5. The predicted molar refractivity (Wildman–Crippen MR) is 130 cm³/mol. The Hall–Kier alpha value is -3.58. The molecule has 1 aliphatic rings. The van der Waals surface area contributed by atoms with Crippen LogP contribution in [0.25, 0.3) is 11.2 Å². The van der Waals surface area contributed by atoms with Gasteiger partial charge in [-0.05, 0) is 43.2 Å². The minimum atomic E-state index is -4.24. The number of imidazole rings is 1. The van der Waals surface area contributed by atoms with Crippen molar-refractivity contribution in [2.45, 2.75) is 31.5 Å². The summed E-state index contributed by atoms with van der Waals surface area (Å²) in [6.45, 7) is 5.17. The molecule has 198 valence electrons. The minimum Gasteiger partial charge on any atom is -0.468 e. The lowest BCUT2D eigenvalue weighted by Crippen LogP contribution is -2.35. The first-order valence-corrected chi connectivity index (χ1v) is 12.7. The van der Waals surface area contributed by atoms with Crippen LogP contribution in [0, 0.1) is 11.7 Å². The molecule has 0 bridgehead atoms. The van der Waals surface area contributed by atoms with Crippen LogP contribution in [0.1, 0.15) is 19.4 Å². The van der Waals surface area contributed by atoms with Crippen LogP contribution in [-0.2, 0) is 18.6 Å². The van der Waals surface area contributed by atoms with Gasteiger partial charge in [0.25, 0.3) is 5.56 Å². The summed E-state index contributed by atoms with van der Waals surface area (Å²) in [7, 11) is -3.07. The van der Waals surface area contributed by atoms with Gasteiger partial charge in [-0.15, -0.1) is 0 Å². The molecule has 13 nitrogen and oxygen atoms in total. The number of methoxy groups -OCH3 is 1. The fraction of sp³-hybridized carbons (Fsp3) is 0.364. The number of carbonyl (C=O) groups is 1. The van der Waals surface area contributed by atoms with Crippen molar-refractivity contribution >= 4 is 30.8 Å². The van der Waals surface area contributed by atoms with Crippen molar-refractivity contribution in [3.05, 3.63) is 58.9 Å². The van der Waals surface area contributed by atoms with Crippen LogP contribution in [0.4, 0.5) is 10.3 Å². The number of carbonyl (C=O) groups excluding carboxylic acids is 1. The number of anilines is 1. The summed E-state index contributed by atoms with van der Waals surface area (Å²) in [5.41, 5.74) is 5.97. The number of hydrogen-bond acceptors (Lipinski definition) is 10. The van der Waals surface area contributed by atoms with Crippen LogP contribution in [0.2, 0.25) is 0 Å². The van der Waals surface area contributed by atoms with Crippen LogP contribution in [0.3, 0.4) is 0 Å². The Bertz CT molecular complexity index is 1430. The zero-order valence-corrected chi connectivity index (χ0v) is 20.9. The van der Waals surface area contributed by atoms with E-state index >= 15 is 0 Å². The molecule has 5 atom stereocenters. The maximum absolute atomic E-state index is 13.6. The van der Waals surface area contributed by atoms with E-state index < -0.39 is 49.2 Å². The Morgan fingerprint density at radius 3 is 2.81 bits per heavy atom. The van der Waals surface area contributed by atoms with E-state index in [2.05, 4.69) is 31.4 Å². The topological polar surface area (TPSA) is 184 Å². The molecule has 0 spiro atoms. The predicted octanol–water partition coefficient (Wildman–Crippen LogP) is 1.67. The lowest BCUT2D eigenvalue weighted by Gasteiger charge is -2.25. The van der Waals surface area contributed by atoms with E-state index in [1.807, 2.05) is 0 Å². The second-order valence-electron chi connectivity index (χ2n) is 8.49. The summed E-state index contributed by atoms with van der Waals surface area (Å²) in [5, 5.41) is 13.3. The van der Waals surface area contributed by atoms with Gasteiger partial charge in [-0.2, -0.15) is 10.1 Å². The van der Waals surface area contributed by atoms with E-state index in [0.717, 1.165) is 12.1 Å². The quantitative estimate of drug-likeness (QED) is 0.177. The molecule has 1 fully saturated rings. The first-order valence-electron chi connectivity index (χ1n) is 11.2. The first-order chi connectivity index (χ1) is 17.5. The van der Waals surface area contributed by atoms with Crippen molar-refractivity contribution in [2.24, 2.45) is 5.92 Å². The number of aromatic amines is 1. The number of fused-ring (bicyclic) bond motifs is 1. The van der Waals surface area contributed by atoms with Gasteiger partial charge in [0.2, 0.25) is 5.95 Å². The summed E-state index contributed by atoms with van der Waals surface area (Å²) in [5.74, 6) is -2.02. The van der Waals surface area contributed by atoms with Crippen molar-refractivity contribution in [3.63, 3.8) is 0 Å². The van der Waals surface area contributed by atoms with E-state index in [1.165, 1.54) is 32.5 Å². The fourth-order valence-corrected chi connectivity index (χ4v) is 5.61. The Labute approximate surface area is 210 Å². The number of H-pyrrole nitrogens is 1. The number of ether oxygens (including phenoxy) is 1. The number of aliphatic hydroxyl groups is 1. The Balaban J connectivity index is 1.55. The molecular weight excluding hydrogens is 510 g/mol. The van der Waals surface area contributed by atoms with E-state index in [4.69, 9.17) is 14.8 Å². The Kier molecular flexibility index (Phi) is 7.46. The summed E-state index contributed by atoms with van der Waals surface area (Å²) in [6, 6.07) is 3.13. The highest BCUT2D eigenvalue weighted by Crippen LogP contribution is 2.48. The van der Waals surface area contributed by atoms with Gasteiger partial charge in [-0.25, -0.2) is 13.9 Å². The Morgan fingerprint density at radius 1 is 1.43 bits per heavy atom. The number of nitrogen functional groups attached to an aromatic ring is 1. The molecule has 0 aliphatic heterocycles. The van der Waals surface area contributed by atoms with Gasteiger partial charge in [-0.1, -0.05) is 6.58 Å². The zero-order chi connectivity index (χ0) is 26.9. The molecule has 15 heteroatoms. The molecule has 2 aromatic heterocycles. The number of aliphatic hydroxyl groups excluding tert-OH is 1. The van der Waals surface area contributed by atoms with Crippen LogP contribution in [0.15, 0.2) is 47.5 Å². The number of halogens is 1. The molecule has 1 aliphatic carbocycles. The van der Waals surface area contributed by atoms with Gasteiger partial charge >= 0.3 is 13.7 Å². The summed E-state index contributed by atoms with van der Waals surface area (Å²) in [6.07, 6.45) is 0.619. The second kappa shape index (κ2) is 10.4. The molecule has 1 saturated carbocycles. The molecule has 1 aromatic carbocycles. The average molecular weight is 536 g/mol. The van der Waals surface area contributed by atoms with Gasteiger partial charge in [-0.3, -0.25) is 19.1 Å². The molecule has 1 unspecified atom stereocenters. The molecular formula is C22H26FN6O7P. The summed E-state index contributed by atoms with van der Waals surface area (Å²) < 4.78 is 44.3. The van der Waals surface area contributed by atoms with Crippen LogP contribution in [0.5, 0.6) is 5.75 Å². The maximum atomic E-state index is 13.6. The molecule has 4 rings (SSSR count). The third-order valence-electron chi connectivity index (χ3n) is 5.99. The number of nitrogens with two attached hydrogens (primary N) is 1. The van der Waals surface area contributed by atoms with Crippen molar-refractivity contribution in [1.82, 2.24) is 24.6 Å². The number of benzene rings is 1. The highest BCUT2D eigenvalue weighted by molar-refractivity contribution is 7.52. The highest BCUT2D eigenvalue weighted by Gasteiger charge is 2.41. The molecule has 0 saturated heterocycles. The van der Waals surface area contributed by atoms with Gasteiger partial charge in [0.05, 0.1) is 32.2 Å². The molecule has 0 radical (unpaired) electrons. The number of nitrogens with zero attached hydrogens (tertiary/aromatic N) is 3. The lowest BCUT2D eigenvalue weighted by atomic mass is 10.0. The van der Waals surface area contributed by atoms with E-state index in [0.29, 0.717) is 5.57 Å². The van der Waals surface area contributed by atoms with Crippen LogP contribution >= 0.6 is 7.75 Å². The van der Waals surface area contributed by atoms with E-state index in [9.17, 15) is 23.7 Å². The van der Waals surface area contributed by atoms with Crippen molar-refractivity contribution in [2.75, 3.05) is 19.5 Å². The number of esters is 1. The van der Waals surface area contributed by atoms with Crippen molar-refractivity contribution < 1.29 is 32.6 Å². The van der Waals surface area contributed by atoms with Crippen LogP contribution in [-0.4, -0.2) is 56.5 Å². The van der Waals surface area contributed by atoms with Gasteiger partial charge in [0.1, 0.15) is 17.6 Å². The zero-order valence-electron chi connectivity index (χ0n) is 20.0. The second-order valence-corrected chi connectivity index (χ2v) is 10.2. The number of aromatic nitrogens is 4. The number of rotatable bonds is 9. The molecule has 3 aromatic rings. The largest absolute Gasteiger partial charge is 0.468 e. The van der Waals surface area contributed by atoms with Crippen molar-refractivity contribution in [3.8, 4) is 5.75 Å². The van der Waals surface area contributed by atoms with Crippen LogP contribution < -0.4 is 20.9 Å². The fourth-order valence-electron chi connectivity index (χ4n) is 4.09. The van der Waals surface area contributed by atoms with E-state index in [-0.39, 0.29) is 35.9 Å². The average Bonchev–Trinajstić information content (AvgIpc) is 3.38. The van der Waals surface area contributed by atoms with E-state index in [1.54, 1.807) is 4.57 Å². The Morgan fingerprint density at radius 2 is 2.14 bits per heavy atom. The number of hydrogen-bond donors (Lipinski definition) is 4. The summed E-state index contributed by atoms with van der Waals surface area (Å²) >= 11 is 0. The third kappa shape index (κ3) is 5.57. The van der Waals surface area contributed by atoms with Gasteiger partial charge in [0.15, 0.2) is 11.2 Å². The molecule has 0 amide bonds. The van der Waals surface area contributed by atoms with Crippen molar-refractivity contribution in [1.29, 1.82) is 0 Å². The summed E-state index contributed by atoms with van der Waals surface area (Å²) in [4.78, 5) is 34.6. The monoisotopic (exact) mass is 536 g/mol. The standard InChI is InChI=1S/C22H26FN6O7P/c1-11-15(17(30)8-16(11)29-10-25-18-19(29)26-22(24)27-20(18)31)9-35-37(33,28-12(2)21(32)34-3)36-14-6-4-13(23)5-7-14/h4-7,10,12,15-17,30H,1,8-9H2,2-3H3,(H,28,33)(H3,24,26,27,31)/t12?,15-,16-,17-,37-/m0/s1. The minimum absolute atomic E-state index is 0.0248. The normalized spacial score (nSPS) is 22.1. The smallest absolute Gasteiger partial charge is 0.459 e. The molecule has 2 heterocycles. The van der Waals surface area contributed by atoms with Gasteiger partial charge < -0.3 is 24.7 Å². The number of nitrogens with one attached hydrogen (secondary N) is 2.